The van der Waals surface area contributed by atoms with Gasteiger partial charge in [0.15, 0.2) is 4.91 Å². The molecule has 7 heteroatoms. The molecule has 0 aliphatic heterocycles. The average molecular weight is 469 g/mol. The number of nitrogens with one attached hydrogen (secondary N) is 1. The number of halogens is 1. The Labute approximate surface area is 192 Å². The normalized spacial score (nSPS) is 12.1. The molecule has 3 aromatic carbocycles. The third-order valence-electron chi connectivity index (χ3n) is 4.71. The van der Waals surface area contributed by atoms with Crippen LogP contribution in [0.25, 0.3) is 0 Å². The van der Waals surface area contributed by atoms with Crippen LogP contribution in [0.4, 0.5) is 5.69 Å². The molecule has 0 unspecified atom stereocenters. The van der Waals surface area contributed by atoms with Gasteiger partial charge in [0.2, 0.25) is 9.84 Å². The van der Waals surface area contributed by atoms with Crippen molar-refractivity contribution in [2.24, 2.45) is 0 Å². The highest BCUT2D eigenvalue weighted by Crippen LogP contribution is 2.33. The third-order valence-corrected chi connectivity index (χ3v) is 7.85. The van der Waals surface area contributed by atoms with Crippen molar-refractivity contribution >= 4 is 38.9 Å². The van der Waals surface area contributed by atoms with E-state index in [1.165, 1.54) is 23.9 Å². The van der Waals surface area contributed by atoms with E-state index in [-0.39, 0.29) is 14.8 Å². The summed E-state index contributed by atoms with van der Waals surface area (Å²) in [7, 11) is -4.01. The molecule has 0 aliphatic rings. The van der Waals surface area contributed by atoms with Crippen molar-refractivity contribution in [3.8, 4) is 6.07 Å². The highest BCUT2D eigenvalue weighted by atomic mass is 35.5. The first-order valence-electron chi connectivity index (χ1n) is 9.48. The molecular formula is C24H21ClN2O2S2. The molecule has 0 heterocycles. The molecule has 0 atom stereocenters. The lowest BCUT2D eigenvalue weighted by molar-refractivity contribution is 0.603. The monoisotopic (exact) mass is 468 g/mol. The number of nitrogens with zero attached hydrogens (tertiary/aromatic N) is 1. The summed E-state index contributed by atoms with van der Waals surface area (Å²) in [5.74, 6) is 0.504. The lowest BCUT2D eigenvalue weighted by Crippen LogP contribution is -2.11. The molecule has 0 bridgehead atoms. The van der Waals surface area contributed by atoms with E-state index < -0.39 is 9.84 Å². The van der Waals surface area contributed by atoms with E-state index in [2.05, 4.69) is 5.32 Å². The molecule has 3 aromatic rings. The summed E-state index contributed by atoms with van der Waals surface area (Å²) in [5, 5.41) is 13.8. The van der Waals surface area contributed by atoms with Crippen LogP contribution < -0.4 is 5.32 Å². The average Bonchev–Trinajstić information content (AvgIpc) is 2.76. The van der Waals surface area contributed by atoms with Gasteiger partial charge in [-0.25, -0.2) is 8.42 Å². The molecule has 31 heavy (non-hydrogen) atoms. The number of anilines is 1. The third kappa shape index (κ3) is 5.50. The van der Waals surface area contributed by atoms with Crippen molar-refractivity contribution in [3.05, 3.63) is 104 Å². The largest absolute Gasteiger partial charge is 0.348 e. The number of nitriles is 1. The number of benzene rings is 3. The lowest BCUT2D eigenvalue weighted by atomic mass is 10.1. The van der Waals surface area contributed by atoms with Crippen molar-refractivity contribution in [1.82, 2.24) is 0 Å². The van der Waals surface area contributed by atoms with E-state index >= 15 is 0 Å². The summed E-state index contributed by atoms with van der Waals surface area (Å²) in [4.78, 5) is -0.248. The van der Waals surface area contributed by atoms with Gasteiger partial charge in [-0.15, -0.1) is 11.8 Å². The minimum absolute atomic E-state index is 0.0742. The van der Waals surface area contributed by atoms with Crippen LogP contribution in [0.1, 0.15) is 16.7 Å². The fraction of sp³-hybridized carbons (Fsp3) is 0.125. The van der Waals surface area contributed by atoms with Crippen molar-refractivity contribution in [2.45, 2.75) is 24.5 Å². The zero-order valence-electron chi connectivity index (χ0n) is 17.1. The Balaban J connectivity index is 2.09. The summed E-state index contributed by atoms with van der Waals surface area (Å²) < 4.78 is 26.5. The predicted octanol–water partition coefficient (Wildman–Crippen LogP) is 6.47. The Bertz CT molecular complexity index is 1260. The van der Waals surface area contributed by atoms with E-state index in [0.717, 1.165) is 16.7 Å². The van der Waals surface area contributed by atoms with Crippen LogP contribution >= 0.6 is 23.4 Å². The van der Waals surface area contributed by atoms with Crippen LogP contribution in [-0.4, -0.2) is 8.42 Å². The van der Waals surface area contributed by atoms with E-state index in [1.807, 2.05) is 50.2 Å². The van der Waals surface area contributed by atoms with Gasteiger partial charge in [-0.1, -0.05) is 60.1 Å². The van der Waals surface area contributed by atoms with Crippen molar-refractivity contribution in [1.29, 1.82) is 5.26 Å². The number of allylic oxidation sites excluding steroid dienone is 1. The van der Waals surface area contributed by atoms with E-state index in [0.29, 0.717) is 16.5 Å². The number of sulfone groups is 1. The topological polar surface area (TPSA) is 70.0 Å². The molecule has 3 rings (SSSR count). The van der Waals surface area contributed by atoms with Crippen molar-refractivity contribution in [2.75, 3.05) is 5.32 Å². The smallest absolute Gasteiger partial charge is 0.219 e. The van der Waals surface area contributed by atoms with Gasteiger partial charge in [0.1, 0.15) is 11.1 Å². The van der Waals surface area contributed by atoms with Gasteiger partial charge in [0, 0.05) is 16.5 Å². The molecule has 158 valence electrons. The molecule has 0 saturated carbocycles. The summed E-state index contributed by atoms with van der Waals surface area (Å²) in [6.07, 6.45) is 0. The number of rotatable bonds is 7. The van der Waals surface area contributed by atoms with Gasteiger partial charge in [-0.3, -0.25) is 0 Å². The minimum atomic E-state index is -4.01. The van der Waals surface area contributed by atoms with E-state index in [9.17, 15) is 13.7 Å². The van der Waals surface area contributed by atoms with Crippen molar-refractivity contribution in [3.63, 3.8) is 0 Å². The van der Waals surface area contributed by atoms with Gasteiger partial charge >= 0.3 is 0 Å². The van der Waals surface area contributed by atoms with Crippen LogP contribution in [-0.2, 0) is 15.6 Å². The molecule has 0 aliphatic carbocycles. The maximum atomic E-state index is 13.3. The van der Waals surface area contributed by atoms with E-state index in [4.69, 9.17) is 11.6 Å². The van der Waals surface area contributed by atoms with Gasteiger partial charge in [-0.2, -0.15) is 5.26 Å². The fourth-order valence-corrected chi connectivity index (χ4v) is 5.71. The molecule has 4 nitrogen and oxygen atoms in total. The second-order valence-corrected chi connectivity index (χ2v) is 10.2. The Morgan fingerprint density at radius 1 is 1.00 bits per heavy atom. The zero-order valence-corrected chi connectivity index (χ0v) is 19.5. The molecule has 0 fully saturated rings. The maximum absolute atomic E-state index is 13.3. The van der Waals surface area contributed by atoms with Crippen LogP contribution in [0.2, 0.25) is 5.02 Å². The molecule has 1 N–H and O–H groups in total. The van der Waals surface area contributed by atoms with Gasteiger partial charge < -0.3 is 5.32 Å². The highest BCUT2D eigenvalue weighted by molar-refractivity contribution is 8.04. The molecule has 0 amide bonds. The second-order valence-electron chi connectivity index (χ2n) is 6.89. The summed E-state index contributed by atoms with van der Waals surface area (Å²) in [6.45, 7) is 3.89. The van der Waals surface area contributed by atoms with Crippen molar-refractivity contribution < 1.29 is 8.42 Å². The highest BCUT2D eigenvalue weighted by Gasteiger charge is 2.26. The molecule has 0 spiro atoms. The first-order chi connectivity index (χ1) is 14.8. The predicted molar refractivity (Wildman–Crippen MR) is 129 cm³/mol. The van der Waals surface area contributed by atoms with E-state index in [1.54, 1.807) is 30.3 Å². The maximum Gasteiger partial charge on any atom is 0.219 e. The fourth-order valence-electron chi connectivity index (χ4n) is 2.88. The van der Waals surface area contributed by atoms with Gasteiger partial charge in [0.05, 0.1) is 4.90 Å². The lowest BCUT2D eigenvalue weighted by Gasteiger charge is -2.16. The summed E-state index contributed by atoms with van der Waals surface area (Å²) in [5.41, 5.74) is 3.69. The quantitative estimate of drug-likeness (QED) is 0.402. The molecule has 0 aromatic heterocycles. The summed E-state index contributed by atoms with van der Waals surface area (Å²) in [6, 6.07) is 23.1. The van der Waals surface area contributed by atoms with Crippen LogP contribution in [0, 0.1) is 25.2 Å². The number of thioether (sulfide) groups is 1. The van der Waals surface area contributed by atoms with Crippen LogP contribution in [0.15, 0.2) is 87.6 Å². The number of aryl methyl sites for hydroxylation is 2. The Morgan fingerprint density at radius 2 is 1.68 bits per heavy atom. The Morgan fingerprint density at radius 3 is 2.35 bits per heavy atom. The van der Waals surface area contributed by atoms with Crippen LogP contribution in [0.5, 0.6) is 0 Å². The first kappa shape index (κ1) is 23.0. The van der Waals surface area contributed by atoms with Gasteiger partial charge in [-0.05, 0) is 54.8 Å². The minimum Gasteiger partial charge on any atom is -0.348 e. The Kier molecular flexibility index (Phi) is 7.45. The number of hydrogen-bond donors (Lipinski definition) is 1. The SMILES string of the molecule is Cc1ccccc1CS/C(Nc1cc(Cl)ccc1C)=C(\C#N)S(=O)(=O)c1ccccc1. The first-order valence-corrected chi connectivity index (χ1v) is 12.3. The summed E-state index contributed by atoms with van der Waals surface area (Å²) >= 11 is 7.42. The van der Waals surface area contributed by atoms with Gasteiger partial charge in [0.25, 0.3) is 0 Å². The molecule has 0 radical (unpaired) electrons. The zero-order chi connectivity index (χ0) is 22.4. The Hall–Kier alpha value is -2.72. The molecular weight excluding hydrogens is 448 g/mol. The standard InChI is InChI=1S/C24H21ClN2O2S2/c1-17-8-6-7-9-19(17)16-30-24(27-22-14-20(25)13-12-18(22)2)23(15-26)31(28,29)21-10-4-3-5-11-21/h3-14,27H,16H2,1-2H3/b24-23+. The number of hydrogen-bond acceptors (Lipinski definition) is 5. The molecule has 0 saturated heterocycles. The second kappa shape index (κ2) is 10.1. The van der Waals surface area contributed by atoms with Crippen LogP contribution in [0.3, 0.4) is 0 Å².